The number of primary amides is 1. The molecule has 6 nitrogen and oxygen atoms in total. The highest BCUT2D eigenvalue weighted by molar-refractivity contribution is 7.98. The number of benzene rings is 2. The maximum atomic E-state index is 12.7. The van der Waals surface area contributed by atoms with Crippen molar-refractivity contribution >= 4 is 40.9 Å². The average molecular weight is 387 g/mol. The Morgan fingerprint density at radius 3 is 2.65 bits per heavy atom. The van der Waals surface area contributed by atoms with Crippen molar-refractivity contribution in [2.24, 2.45) is 5.73 Å². The van der Waals surface area contributed by atoms with Crippen molar-refractivity contribution in [2.45, 2.75) is 4.90 Å². The summed E-state index contributed by atoms with van der Waals surface area (Å²) in [6, 6.07) is 13.9. The third-order valence-corrected chi connectivity index (χ3v) is 4.71. The number of carbonyl (C=O) groups excluding carboxylic acids is 2. The minimum absolute atomic E-state index is 0.141. The lowest BCUT2D eigenvalue weighted by Crippen LogP contribution is -2.15. The molecule has 0 aliphatic rings. The number of hydrogen-bond acceptors (Lipinski definition) is 4. The summed E-state index contributed by atoms with van der Waals surface area (Å²) in [6.45, 7) is 0. The van der Waals surface area contributed by atoms with Crippen LogP contribution < -0.4 is 11.1 Å². The smallest absolute Gasteiger partial charge is 0.269 e. The molecule has 0 fully saturated rings. The van der Waals surface area contributed by atoms with E-state index >= 15 is 0 Å². The van der Waals surface area contributed by atoms with E-state index in [2.05, 4.69) is 10.4 Å². The molecule has 3 rings (SSSR count). The van der Waals surface area contributed by atoms with Crippen molar-refractivity contribution in [1.29, 1.82) is 0 Å². The zero-order chi connectivity index (χ0) is 18.7. The van der Waals surface area contributed by atoms with E-state index in [1.807, 2.05) is 12.3 Å². The Morgan fingerprint density at radius 1 is 1.19 bits per heavy atom. The Bertz CT molecular complexity index is 987. The first-order valence-electron chi connectivity index (χ1n) is 7.59. The van der Waals surface area contributed by atoms with Gasteiger partial charge < -0.3 is 11.1 Å². The van der Waals surface area contributed by atoms with Gasteiger partial charge in [0.25, 0.3) is 11.8 Å². The third kappa shape index (κ3) is 3.74. The first-order chi connectivity index (χ1) is 12.5. The largest absolute Gasteiger partial charge is 0.364 e. The highest BCUT2D eigenvalue weighted by atomic mass is 35.5. The van der Waals surface area contributed by atoms with Crippen LogP contribution in [0.15, 0.2) is 59.6 Å². The van der Waals surface area contributed by atoms with Crippen LogP contribution in [0.4, 0.5) is 5.69 Å². The zero-order valence-electron chi connectivity index (χ0n) is 13.8. The van der Waals surface area contributed by atoms with E-state index in [0.717, 1.165) is 4.90 Å². The molecule has 1 heterocycles. The van der Waals surface area contributed by atoms with Crippen LogP contribution in [0.25, 0.3) is 5.69 Å². The molecule has 0 spiro atoms. The molecule has 0 aliphatic heterocycles. The predicted octanol–water partition coefficient (Wildman–Crippen LogP) is 3.60. The number of halogens is 1. The topological polar surface area (TPSA) is 90.0 Å². The molecule has 26 heavy (non-hydrogen) atoms. The van der Waals surface area contributed by atoms with E-state index < -0.39 is 5.91 Å². The minimum atomic E-state index is -0.620. The fourth-order valence-electron chi connectivity index (χ4n) is 2.36. The molecule has 0 bridgehead atoms. The average Bonchev–Trinajstić information content (AvgIpc) is 3.13. The second-order valence-electron chi connectivity index (χ2n) is 5.33. The van der Waals surface area contributed by atoms with Gasteiger partial charge in [-0.15, -0.1) is 11.8 Å². The van der Waals surface area contributed by atoms with Crippen LogP contribution in [0.5, 0.6) is 0 Å². The highest BCUT2D eigenvalue weighted by Crippen LogP contribution is 2.25. The summed E-state index contributed by atoms with van der Waals surface area (Å²) >= 11 is 7.69. The summed E-state index contributed by atoms with van der Waals surface area (Å²) in [6.07, 6.45) is 3.53. The van der Waals surface area contributed by atoms with E-state index in [9.17, 15) is 9.59 Å². The van der Waals surface area contributed by atoms with Crippen LogP contribution in [-0.4, -0.2) is 27.9 Å². The molecule has 0 saturated carbocycles. The molecule has 0 unspecified atom stereocenters. The number of anilines is 1. The molecule has 2 amide bonds. The summed E-state index contributed by atoms with van der Waals surface area (Å²) in [7, 11) is 0. The standard InChI is InChI=1S/C18H15ClN4O2S/c1-26-11-6-7-13(19)12(10-11)18(25)21-14-4-2-3-5-16(14)23-9-8-15(22-23)17(20)24/h2-10H,1H3,(H2,20,24)(H,21,25). The normalized spacial score (nSPS) is 10.5. The van der Waals surface area contributed by atoms with Gasteiger partial charge in [-0.2, -0.15) is 5.10 Å². The summed E-state index contributed by atoms with van der Waals surface area (Å²) < 4.78 is 1.48. The molecular weight excluding hydrogens is 372 g/mol. The lowest BCUT2D eigenvalue weighted by molar-refractivity contribution is 0.0992. The van der Waals surface area contributed by atoms with Crippen molar-refractivity contribution in [2.75, 3.05) is 11.6 Å². The highest BCUT2D eigenvalue weighted by Gasteiger charge is 2.15. The van der Waals surface area contributed by atoms with Crippen LogP contribution in [0, 0.1) is 0 Å². The molecule has 8 heteroatoms. The van der Waals surface area contributed by atoms with Crippen LogP contribution in [0.1, 0.15) is 20.8 Å². The SMILES string of the molecule is CSc1ccc(Cl)c(C(=O)Nc2ccccc2-n2ccc(C(N)=O)n2)c1. The van der Waals surface area contributed by atoms with Crippen molar-refractivity contribution in [3.05, 3.63) is 71.0 Å². The van der Waals surface area contributed by atoms with E-state index in [-0.39, 0.29) is 11.6 Å². The van der Waals surface area contributed by atoms with Crippen LogP contribution >= 0.6 is 23.4 Å². The number of rotatable bonds is 5. The molecule has 0 saturated heterocycles. The first-order valence-corrected chi connectivity index (χ1v) is 9.19. The maximum absolute atomic E-state index is 12.7. The second-order valence-corrected chi connectivity index (χ2v) is 6.61. The fourth-order valence-corrected chi connectivity index (χ4v) is 3.01. The Morgan fingerprint density at radius 2 is 1.96 bits per heavy atom. The van der Waals surface area contributed by atoms with Gasteiger partial charge in [0.1, 0.15) is 5.69 Å². The monoisotopic (exact) mass is 386 g/mol. The van der Waals surface area contributed by atoms with Gasteiger partial charge in [0.15, 0.2) is 0 Å². The van der Waals surface area contributed by atoms with Gasteiger partial charge in [-0.3, -0.25) is 9.59 Å². The van der Waals surface area contributed by atoms with Crippen LogP contribution in [-0.2, 0) is 0 Å². The lowest BCUT2D eigenvalue weighted by atomic mass is 10.2. The number of hydrogen-bond donors (Lipinski definition) is 2. The number of nitrogens with two attached hydrogens (primary N) is 1. The van der Waals surface area contributed by atoms with Gasteiger partial charge in [0.2, 0.25) is 0 Å². The Hall–Kier alpha value is -2.77. The second kappa shape index (κ2) is 7.63. The van der Waals surface area contributed by atoms with Gasteiger partial charge in [-0.25, -0.2) is 4.68 Å². The number of nitrogens with zero attached hydrogens (tertiary/aromatic N) is 2. The van der Waals surface area contributed by atoms with Gasteiger partial charge in [-0.1, -0.05) is 23.7 Å². The molecule has 0 radical (unpaired) electrons. The van der Waals surface area contributed by atoms with Crippen molar-refractivity contribution < 1.29 is 9.59 Å². The number of aromatic nitrogens is 2. The van der Waals surface area contributed by atoms with Gasteiger partial charge in [-0.05, 0) is 42.7 Å². The van der Waals surface area contributed by atoms with Crippen molar-refractivity contribution in [3.63, 3.8) is 0 Å². The number of nitrogens with one attached hydrogen (secondary N) is 1. The Balaban J connectivity index is 1.93. The molecule has 3 aromatic rings. The number of carbonyl (C=O) groups is 2. The molecule has 0 atom stereocenters. The third-order valence-electron chi connectivity index (χ3n) is 3.66. The molecule has 132 valence electrons. The quantitative estimate of drug-likeness (QED) is 0.655. The fraction of sp³-hybridized carbons (Fsp3) is 0.0556. The Kier molecular flexibility index (Phi) is 5.29. The molecule has 0 aliphatic carbocycles. The predicted molar refractivity (Wildman–Crippen MR) is 103 cm³/mol. The summed E-state index contributed by atoms with van der Waals surface area (Å²) in [4.78, 5) is 24.9. The summed E-state index contributed by atoms with van der Waals surface area (Å²) in [5, 5.41) is 7.34. The van der Waals surface area contributed by atoms with E-state index in [1.165, 1.54) is 22.5 Å². The van der Waals surface area contributed by atoms with Gasteiger partial charge >= 0.3 is 0 Å². The van der Waals surface area contributed by atoms with Gasteiger partial charge in [0, 0.05) is 11.1 Å². The number of para-hydroxylation sites is 2. The molecular formula is C18H15ClN4O2S. The minimum Gasteiger partial charge on any atom is -0.364 e. The molecule has 3 N–H and O–H groups in total. The summed E-state index contributed by atoms with van der Waals surface area (Å²) in [5.41, 5.74) is 6.90. The maximum Gasteiger partial charge on any atom is 0.269 e. The van der Waals surface area contributed by atoms with Crippen molar-refractivity contribution in [1.82, 2.24) is 9.78 Å². The van der Waals surface area contributed by atoms with Crippen molar-refractivity contribution in [3.8, 4) is 5.69 Å². The zero-order valence-corrected chi connectivity index (χ0v) is 15.3. The van der Waals surface area contributed by atoms with E-state index in [1.54, 1.807) is 42.6 Å². The number of amides is 2. The lowest BCUT2D eigenvalue weighted by Gasteiger charge is -2.12. The Labute approximate surface area is 159 Å². The van der Waals surface area contributed by atoms with E-state index in [0.29, 0.717) is 22.0 Å². The summed E-state index contributed by atoms with van der Waals surface area (Å²) in [5.74, 6) is -0.952. The molecule has 1 aromatic heterocycles. The first kappa shape index (κ1) is 18.0. The number of thioether (sulfide) groups is 1. The van der Waals surface area contributed by atoms with E-state index in [4.69, 9.17) is 17.3 Å². The van der Waals surface area contributed by atoms with Crippen LogP contribution in [0.2, 0.25) is 5.02 Å². The molecule has 2 aromatic carbocycles. The van der Waals surface area contributed by atoms with Crippen LogP contribution in [0.3, 0.4) is 0 Å². The van der Waals surface area contributed by atoms with Gasteiger partial charge in [0.05, 0.1) is 22.0 Å².